The Morgan fingerprint density at radius 1 is 1.31 bits per heavy atom. The van der Waals surface area contributed by atoms with Crippen molar-refractivity contribution < 1.29 is 9.53 Å². The largest absolute Gasteiger partial charge is 0.382 e. The maximum atomic E-state index is 12.7. The van der Waals surface area contributed by atoms with Gasteiger partial charge in [-0.1, -0.05) is 11.6 Å². The van der Waals surface area contributed by atoms with Crippen molar-refractivity contribution in [2.75, 3.05) is 44.8 Å². The van der Waals surface area contributed by atoms with E-state index < -0.39 is 0 Å². The van der Waals surface area contributed by atoms with Crippen molar-refractivity contribution in [3.63, 3.8) is 0 Å². The van der Waals surface area contributed by atoms with Crippen LogP contribution in [0.25, 0.3) is 0 Å². The summed E-state index contributed by atoms with van der Waals surface area (Å²) in [7, 11) is 3.47. The fraction of sp³-hybridized carbons (Fsp3) is 0.471. The standard InChI is InChI=1S/C17H23ClN6O2/c1-22-15(5-6-20-22)14(12-26-2)21-17(25)24-9-7-23(8-10-24)16-4-3-13(18)11-19-16/h3-6,11,14H,7-10,12H2,1-2H3,(H,21,25). The second kappa shape index (κ2) is 8.37. The van der Waals surface area contributed by atoms with E-state index in [0.29, 0.717) is 24.7 Å². The molecule has 2 aromatic rings. The van der Waals surface area contributed by atoms with E-state index in [1.807, 2.05) is 30.1 Å². The van der Waals surface area contributed by atoms with Crippen LogP contribution in [-0.2, 0) is 11.8 Å². The third-order valence-corrected chi connectivity index (χ3v) is 4.67. The molecule has 1 saturated heterocycles. The normalized spacial score (nSPS) is 15.8. The van der Waals surface area contributed by atoms with Gasteiger partial charge in [0.1, 0.15) is 5.82 Å². The first kappa shape index (κ1) is 18.5. The lowest BCUT2D eigenvalue weighted by Crippen LogP contribution is -2.53. The molecule has 1 fully saturated rings. The number of hydrogen-bond acceptors (Lipinski definition) is 5. The summed E-state index contributed by atoms with van der Waals surface area (Å²) in [6.45, 7) is 3.09. The highest BCUT2D eigenvalue weighted by atomic mass is 35.5. The van der Waals surface area contributed by atoms with Gasteiger partial charge in [-0.25, -0.2) is 9.78 Å². The Kier molecular flexibility index (Phi) is 5.95. The summed E-state index contributed by atoms with van der Waals surface area (Å²) in [4.78, 5) is 21.0. The summed E-state index contributed by atoms with van der Waals surface area (Å²) in [6, 6.07) is 5.27. The lowest BCUT2D eigenvalue weighted by Gasteiger charge is -2.36. The molecule has 0 spiro atoms. The Morgan fingerprint density at radius 3 is 2.65 bits per heavy atom. The quantitative estimate of drug-likeness (QED) is 0.856. The van der Waals surface area contributed by atoms with Gasteiger partial charge in [0.05, 0.1) is 23.4 Å². The highest BCUT2D eigenvalue weighted by molar-refractivity contribution is 6.30. The molecule has 0 radical (unpaired) electrons. The number of anilines is 1. The van der Waals surface area contributed by atoms with Crippen LogP contribution in [0.4, 0.5) is 10.6 Å². The molecule has 9 heteroatoms. The third kappa shape index (κ3) is 4.25. The van der Waals surface area contributed by atoms with Crippen LogP contribution in [0.3, 0.4) is 0 Å². The fourth-order valence-electron chi connectivity index (χ4n) is 3.03. The van der Waals surface area contributed by atoms with Crippen LogP contribution in [-0.4, -0.2) is 65.6 Å². The fourth-order valence-corrected chi connectivity index (χ4v) is 3.14. The van der Waals surface area contributed by atoms with Gasteiger partial charge in [0.2, 0.25) is 0 Å². The molecule has 3 rings (SSSR count). The minimum Gasteiger partial charge on any atom is -0.382 e. The predicted molar refractivity (Wildman–Crippen MR) is 99.4 cm³/mol. The molecule has 0 aliphatic carbocycles. The Bertz CT molecular complexity index is 727. The Labute approximate surface area is 157 Å². The number of hydrogen-bond donors (Lipinski definition) is 1. The molecule has 140 valence electrons. The van der Waals surface area contributed by atoms with Crippen LogP contribution in [0.2, 0.25) is 5.02 Å². The zero-order chi connectivity index (χ0) is 18.5. The first-order chi connectivity index (χ1) is 12.6. The number of urea groups is 1. The van der Waals surface area contributed by atoms with Gasteiger partial charge in [0.25, 0.3) is 0 Å². The zero-order valence-electron chi connectivity index (χ0n) is 14.9. The molecule has 8 nitrogen and oxygen atoms in total. The minimum atomic E-state index is -0.240. The Hall–Kier alpha value is -2.32. The van der Waals surface area contributed by atoms with Crippen LogP contribution in [0.15, 0.2) is 30.6 Å². The monoisotopic (exact) mass is 378 g/mol. The molecule has 0 aromatic carbocycles. The molecule has 2 amide bonds. The first-order valence-corrected chi connectivity index (χ1v) is 8.85. The van der Waals surface area contributed by atoms with Gasteiger partial charge in [-0.3, -0.25) is 4.68 Å². The average molecular weight is 379 g/mol. The molecule has 0 bridgehead atoms. The van der Waals surface area contributed by atoms with Crippen LogP contribution < -0.4 is 10.2 Å². The second-order valence-corrected chi connectivity index (χ2v) is 6.58. The van der Waals surface area contributed by atoms with Gasteiger partial charge >= 0.3 is 6.03 Å². The summed E-state index contributed by atoms with van der Waals surface area (Å²) in [5, 5.41) is 7.82. The number of rotatable bonds is 5. The number of nitrogens with one attached hydrogen (secondary N) is 1. The van der Waals surface area contributed by atoms with Crippen molar-refractivity contribution >= 4 is 23.4 Å². The molecule has 1 aliphatic heterocycles. The predicted octanol–water partition coefficient (Wildman–Crippen LogP) is 1.69. The van der Waals surface area contributed by atoms with Crippen LogP contribution in [0.5, 0.6) is 0 Å². The van der Waals surface area contributed by atoms with Crippen LogP contribution in [0.1, 0.15) is 11.7 Å². The number of aromatic nitrogens is 3. The van der Waals surface area contributed by atoms with Crippen molar-refractivity contribution in [3.05, 3.63) is 41.3 Å². The molecule has 3 heterocycles. The van der Waals surface area contributed by atoms with Crippen molar-refractivity contribution in [3.8, 4) is 0 Å². The van der Waals surface area contributed by atoms with Gasteiger partial charge < -0.3 is 19.9 Å². The lowest BCUT2D eigenvalue weighted by molar-refractivity contribution is 0.151. The number of carbonyl (C=O) groups excluding carboxylic acids is 1. The van der Waals surface area contributed by atoms with Gasteiger partial charge in [-0.15, -0.1) is 0 Å². The lowest BCUT2D eigenvalue weighted by atomic mass is 10.2. The molecule has 1 N–H and O–H groups in total. The van der Waals surface area contributed by atoms with Crippen LogP contribution >= 0.6 is 11.6 Å². The number of aryl methyl sites for hydroxylation is 1. The number of methoxy groups -OCH3 is 1. The molecule has 1 aliphatic rings. The molecule has 2 aromatic heterocycles. The maximum Gasteiger partial charge on any atom is 0.318 e. The average Bonchev–Trinajstić information content (AvgIpc) is 3.08. The summed E-state index contributed by atoms with van der Waals surface area (Å²) < 4.78 is 7.00. The Balaban J connectivity index is 1.57. The Morgan fingerprint density at radius 2 is 2.08 bits per heavy atom. The molecule has 1 atom stereocenters. The molecule has 1 unspecified atom stereocenters. The molecular weight excluding hydrogens is 356 g/mol. The number of carbonyl (C=O) groups is 1. The van der Waals surface area contributed by atoms with Crippen molar-refractivity contribution in [2.24, 2.45) is 7.05 Å². The first-order valence-electron chi connectivity index (χ1n) is 8.47. The van der Waals surface area contributed by atoms with E-state index in [4.69, 9.17) is 16.3 Å². The second-order valence-electron chi connectivity index (χ2n) is 6.15. The highest BCUT2D eigenvalue weighted by Gasteiger charge is 2.25. The minimum absolute atomic E-state index is 0.100. The molecule has 26 heavy (non-hydrogen) atoms. The van der Waals surface area contributed by atoms with Gasteiger partial charge in [0, 0.05) is 52.7 Å². The van der Waals surface area contributed by atoms with Crippen LogP contribution in [0, 0.1) is 0 Å². The van der Waals surface area contributed by atoms with E-state index in [1.54, 1.807) is 24.2 Å². The van der Waals surface area contributed by atoms with E-state index in [1.165, 1.54) is 0 Å². The number of pyridine rings is 1. The smallest absolute Gasteiger partial charge is 0.318 e. The van der Waals surface area contributed by atoms with E-state index >= 15 is 0 Å². The van der Waals surface area contributed by atoms with E-state index in [0.717, 1.165) is 24.6 Å². The summed E-state index contributed by atoms with van der Waals surface area (Å²) in [5.41, 5.74) is 0.907. The SMILES string of the molecule is COCC(NC(=O)N1CCN(c2ccc(Cl)cn2)CC1)c1ccnn1C. The molecular formula is C17H23ClN6O2. The van der Waals surface area contributed by atoms with Gasteiger partial charge in [-0.05, 0) is 18.2 Å². The van der Waals surface area contributed by atoms with E-state index in [2.05, 4.69) is 20.3 Å². The molecule has 0 saturated carbocycles. The zero-order valence-corrected chi connectivity index (χ0v) is 15.7. The van der Waals surface area contributed by atoms with E-state index in [-0.39, 0.29) is 12.1 Å². The maximum absolute atomic E-state index is 12.7. The number of amides is 2. The number of nitrogens with zero attached hydrogens (tertiary/aromatic N) is 5. The van der Waals surface area contributed by atoms with Crippen molar-refractivity contribution in [1.29, 1.82) is 0 Å². The summed E-state index contributed by atoms with van der Waals surface area (Å²) >= 11 is 5.88. The third-order valence-electron chi connectivity index (χ3n) is 4.45. The number of piperazine rings is 1. The van der Waals surface area contributed by atoms with Crippen molar-refractivity contribution in [1.82, 2.24) is 25.0 Å². The van der Waals surface area contributed by atoms with Crippen molar-refractivity contribution in [2.45, 2.75) is 6.04 Å². The van der Waals surface area contributed by atoms with Gasteiger partial charge in [-0.2, -0.15) is 5.10 Å². The summed E-state index contributed by atoms with van der Waals surface area (Å²) in [5.74, 6) is 0.876. The number of halogens is 1. The van der Waals surface area contributed by atoms with Gasteiger partial charge in [0.15, 0.2) is 0 Å². The highest BCUT2D eigenvalue weighted by Crippen LogP contribution is 2.17. The van der Waals surface area contributed by atoms with E-state index in [9.17, 15) is 4.79 Å². The summed E-state index contributed by atoms with van der Waals surface area (Å²) in [6.07, 6.45) is 3.35. The number of ether oxygens (including phenoxy) is 1. The topological polar surface area (TPSA) is 75.5 Å².